The third-order valence-electron chi connectivity index (χ3n) is 4.07. The molecule has 0 atom stereocenters. The summed E-state index contributed by atoms with van der Waals surface area (Å²) in [5.74, 6) is 2.45. The highest BCUT2D eigenvalue weighted by Gasteiger charge is 2.14. The lowest BCUT2D eigenvalue weighted by Gasteiger charge is -2.11. The normalized spacial score (nSPS) is 10.9. The van der Waals surface area contributed by atoms with Gasteiger partial charge < -0.3 is 4.57 Å². The quantitative estimate of drug-likeness (QED) is 0.487. The highest BCUT2D eigenvalue weighted by Crippen LogP contribution is 2.31. The molecule has 24 heavy (non-hydrogen) atoms. The molecule has 0 fully saturated rings. The Labute approximate surface area is 148 Å². The molecule has 3 rings (SSSR count). The standard InChI is InChI=1S/C21H24N2S/c1-2-24-16-10-9-15-23-17-22-20(18-11-5-3-6-12-18)21(23)19-13-7-4-8-14-19/h3-8,11-14,17H,2,9-10,15-16H2,1H3. The molecular weight excluding hydrogens is 312 g/mol. The highest BCUT2D eigenvalue weighted by atomic mass is 32.2. The molecule has 1 aromatic heterocycles. The van der Waals surface area contributed by atoms with Crippen LogP contribution in [-0.4, -0.2) is 21.1 Å². The molecule has 2 aromatic carbocycles. The van der Waals surface area contributed by atoms with Gasteiger partial charge in [0.05, 0.1) is 17.7 Å². The summed E-state index contributed by atoms with van der Waals surface area (Å²) in [7, 11) is 0. The summed E-state index contributed by atoms with van der Waals surface area (Å²) in [6.45, 7) is 3.24. The largest absolute Gasteiger partial charge is 0.330 e. The minimum Gasteiger partial charge on any atom is -0.330 e. The summed E-state index contributed by atoms with van der Waals surface area (Å²) >= 11 is 2.02. The zero-order chi connectivity index (χ0) is 16.6. The maximum atomic E-state index is 4.74. The molecule has 3 heteroatoms. The summed E-state index contributed by atoms with van der Waals surface area (Å²) in [5, 5.41) is 0. The van der Waals surface area contributed by atoms with Crippen molar-refractivity contribution in [2.24, 2.45) is 0 Å². The molecular formula is C21H24N2S. The lowest BCUT2D eigenvalue weighted by atomic mass is 10.0. The van der Waals surface area contributed by atoms with Gasteiger partial charge >= 0.3 is 0 Å². The van der Waals surface area contributed by atoms with Crippen LogP contribution in [0.25, 0.3) is 22.5 Å². The molecule has 124 valence electrons. The summed E-state index contributed by atoms with van der Waals surface area (Å²) in [6, 6.07) is 21.1. The van der Waals surface area contributed by atoms with E-state index in [9.17, 15) is 0 Å². The Morgan fingerprint density at radius 2 is 1.54 bits per heavy atom. The average Bonchev–Trinajstić information content (AvgIpc) is 3.07. The number of thioether (sulfide) groups is 1. The van der Waals surface area contributed by atoms with Gasteiger partial charge in [-0.05, 0) is 24.3 Å². The maximum absolute atomic E-state index is 4.74. The van der Waals surface area contributed by atoms with Crippen molar-refractivity contribution >= 4 is 11.8 Å². The summed E-state index contributed by atoms with van der Waals surface area (Å²) in [4.78, 5) is 4.74. The monoisotopic (exact) mass is 336 g/mol. The first-order valence-corrected chi connectivity index (χ1v) is 9.79. The number of rotatable bonds is 8. The third kappa shape index (κ3) is 4.09. The Balaban J connectivity index is 1.88. The van der Waals surface area contributed by atoms with E-state index < -0.39 is 0 Å². The molecule has 0 saturated carbocycles. The molecule has 0 saturated heterocycles. The van der Waals surface area contributed by atoms with Crippen LogP contribution < -0.4 is 0 Å². The maximum Gasteiger partial charge on any atom is 0.0963 e. The molecule has 0 aliphatic rings. The average molecular weight is 337 g/mol. The molecule has 0 unspecified atom stereocenters. The van der Waals surface area contributed by atoms with Crippen molar-refractivity contribution in [1.82, 2.24) is 9.55 Å². The Hall–Kier alpha value is -2.00. The summed E-state index contributed by atoms with van der Waals surface area (Å²) < 4.78 is 2.31. The molecule has 0 amide bonds. The van der Waals surface area contributed by atoms with Crippen LogP contribution in [0.5, 0.6) is 0 Å². The van der Waals surface area contributed by atoms with Gasteiger partial charge in [-0.1, -0.05) is 67.6 Å². The molecule has 3 aromatic rings. The zero-order valence-corrected chi connectivity index (χ0v) is 15.0. The number of benzene rings is 2. The summed E-state index contributed by atoms with van der Waals surface area (Å²) in [6.07, 6.45) is 4.45. The van der Waals surface area contributed by atoms with Crippen LogP contribution in [0.2, 0.25) is 0 Å². The van der Waals surface area contributed by atoms with E-state index >= 15 is 0 Å². The Morgan fingerprint density at radius 3 is 2.21 bits per heavy atom. The van der Waals surface area contributed by atoms with Gasteiger partial charge in [0.2, 0.25) is 0 Å². The van der Waals surface area contributed by atoms with E-state index in [2.05, 4.69) is 66.1 Å². The molecule has 0 aliphatic heterocycles. The van der Waals surface area contributed by atoms with E-state index in [-0.39, 0.29) is 0 Å². The summed E-state index contributed by atoms with van der Waals surface area (Å²) in [5.41, 5.74) is 4.71. The second-order valence-electron chi connectivity index (χ2n) is 5.77. The number of aryl methyl sites for hydroxylation is 1. The first kappa shape index (κ1) is 16.8. The Bertz CT molecular complexity index is 735. The van der Waals surface area contributed by atoms with Crippen molar-refractivity contribution < 1.29 is 0 Å². The van der Waals surface area contributed by atoms with E-state index in [1.165, 1.54) is 41.2 Å². The third-order valence-corrected chi connectivity index (χ3v) is 5.06. The first-order valence-electron chi connectivity index (χ1n) is 8.64. The molecule has 0 aliphatic carbocycles. The van der Waals surface area contributed by atoms with Gasteiger partial charge in [0.15, 0.2) is 0 Å². The molecule has 0 bridgehead atoms. The lowest BCUT2D eigenvalue weighted by molar-refractivity contribution is 0.639. The number of nitrogens with zero attached hydrogens (tertiary/aromatic N) is 2. The fraction of sp³-hybridized carbons (Fsp3) is 0.286. The number of imidazole rings is 1. The molecule has 2 nitrogen and oxygen atoms in total. The number of aromatic nitrogens is 2. The Morgan fingerprint density at radius 1 is 0.875 bits per heavy atom. The molecule has 0 N–H and O–H groups in total. The fourth-order valence-corrected chi connectivity index (χ4v) is 3.59. The highest BCUT2D eigenvalue weighted by molar-refractivity contribution is 7.99. The van der Waals surface area contributed by atoms with Crippen LogP contribution in [0.3, 0.4) is 0 Å². The van der Waals surface area contributed by atoms with E-state index in [0.717, 1.165) is 12.2 Å². The predicted molar refractivity (Wildman–Crippen MR) is 105 cm³/mol. The molecule has 0 radical (unpaired) electrons. The first-order chi connectivity index (χ1) is 11.9. The van der Waals surface area contributed by atoms with E-state index in [1.54, 1.807) is 0 Å². The van der Waals surface area contributed by atoms with Gasteiger partial charge in [-0.25, -0.2) is 4.98 Å². The second-order valence-corrected chi connectivity index (χ2v) is 7.17. The van der Waals surface area contributed by atoms with Crippen LogP contribution in [0.4, 0.5) is 0 Å². The van der Waals surface area contributed by atoms with Crippen molar-refractivity contribution in [1.29, 1.82) is 0 Å². The lowest BCUT2D eigenvalue weighted by Crippen LogP contribution is -2.00. The second kappa shape index (κ2) is 8.74. The van der Waals surface area contributed by atoms with Crippen LogP contribution in [-0.2, 0) is 6.54 Å². The van der Waals surface area contributed by atoms with Gasteiger partial charge in [0, 0.05) is 17.7 Å². The van der Waals surface area contributed by atoms with Crippen molar-refractivity contribution in [3.05, 3.63) is 67.0 Å². The Kier molecular flexibility index (Phi) is 6.13. The predicted octanol–water partition coefficient (Wildman–Crippen LogP) is 5.75. The van der Waals surface area contributed by atoms with Crippen molar-refractivity contribution in [2.75, 3.05) is 11.5 Å². The van der Waals surface area contributed by atoms with Gasteiger partial charge in [0.25, 0.3) is 0 Å². The van der Waals surface area contributed by atoms with Gasteiger partial charge in [-0.3, -0.25) is 0 Å². The number of unbranched alkanes of at least 4 members (excludes halogenated alkanes) is 1. The smallest absolute Gasteiger partial charge is 0.0963 e. The van der Waals surface area contributed by atoms with E-state index in [0.29, 0.717) is 0 Å². The van der Waals surface area contributed by atoms with Gasteiger partial charge in [-0.15, -0.1) is 0 Å². The van der Waals surface area contributed by atoms with Crippen molar-refractivity contribution in [3.8, 4) is 22.5 Å². The molecule has 1 heterocycles. The minimum absolute atomic E-state index is 1.02. The van der Waals surface area contributed by atoms with Crippen LogP contribution >= 0.6 is 11.8 Å². The molecule has 0 spiro atoms. The zero-order valence-electron chi connectivity index (χ0n) is 14.2. The SMILES string of the molecule is CCSCCCCn1cnc(-c2ccccc2)c1-c1ccccc1. The van der Waals surface area contributed by atoms with Crippen LogP contribution in [0.15, 0.2) is 67.0 Å². The number of hydrogen-bond donors (Lipinski definition) is 0. The van der Waals surface area contributed by atoms with Crippen LogP contribution in [0.1, 0.15) is 19.8 Å². The topological polar surface area (TPSA) is 17.8 Å². The fourth-order valence-electron chi connectivity index (χ4n) is 2.89. The van der Waals surface area contributed by atoms with Crippen LogP contribution in [0, 0.1) is 0 Å². The number of hydrogen-bond acceptors (Lipinski definition) is 2. The van der Waals surface area contributed by atoms with Crippen molar-refractivity contribution in [3.63, 3.8) is 0 Å². The van der Waals surface area contributed by atoms with E-state index in [4.69, 9.17) is 4.98 Å². The minimum atomic E-state index is 1.02. The van der Waals surface area contributed by atoms with E-state index in [1.807, 2.05) is 24.2 Å². The van der Waals surface area contributed by atoms with Crippen molar-refractivity contribution in [2.45, 2.75) is 26.3 Å². The van der Waals surface area contributed by atoms with Gasteiger partial charge in [0.1, 0.15) is 0 Å². The van der Waals surface area contributed by atoms with Gasteiger partial charge in [-0.2, -0.15) is 11.8 Å².